The van der Waals surface area contributed by atoms with Gasteiger partial charge in [-0.25, -0.2) is 0 Å². The van der Waals surface area contributed by atoms with Crippen molar-refractivity contribution in [1.82, 2.24) is 0 Å². The highest BCUT2D eigenvalue weighted by atomic mass is 32.2. The van der Waals surface area contributed by atoms with Crippen LogP contribution in [-0.2, 0) is 40.5 Å². The molecule has 4 aromatic carbocycles. The van der Waals surface area contributed by atoms with Gasteiger partial charge in [0.15, 0.2) is 0 Å². The third kappa shape index (κ3) is 5.37. The van der Waals surface area contributed by atoms with Gasteiger partial charge in [-0.2, -0.15) is 33.7 Å². The number of phenols is 1. The Balaban J connectivity index is 1.84. The van der Waals surface area contributed by atoms with E-state index >= 15 is 0 Å². The van der Waals surface area contributed by atoms with Gasteiger partial charge in [-0.1, -0.05) is 6.07 Å². The maximum Gasteiger partial charge on any atom is 0.339 e. The molecule has 17 heteroatoms. The van der Waals surface area contributed by atoms with Gasteiger partial charge in [0.1, 0.15) is 21.3 Å². The summed E-state index contributed by atoms with van der Waals surface area (Å²) in [4.78, 5) is -3.00. The average molecular weight is 591 g/mol. The van der Waals surface area contributed by atoms with Crippen LogP contribution in [0.15, 0.2) is 80.2 Å². The van der Waals surface area contributed by atoms with Gasteiger partial charge in [0.25, 0.3) is 30.4 Å². The summed E-state index contributed by atoms with van der Waals surface area (Å²) in [7, 11) is -19.3. The third-order valence-corrected chi connectivity index (χ3v) is 8.90. The van der Waals surface area contributed by atoms with Crippen molar-refractivity contribution >= 4 is 62.0 Å². The minimum Gasteiger partial charge on any atom is -0.507 e. The monoisotopic (exact) mass is 590 g/mol. The summed E-state index contributed by atoms with van der Waals surface area (Å²) in [5, 5.41) is 9.75. The fraction of sp³-hybridized carbons (Fsp3) is 0. The first-order valence-corrected chi connectivity index (χ1v) is 15.3. The lowest BCUT2D eigenvalue weighted by Crippen LogP contribution is -2.10. The Morgan fingerprint density at radius 2 is 1.14 bits per heavy atom. The lowest BCUT2D eigenvalue weighted by Gasteiger charge is -2.12. The molecule has 4 N–H and O–H groups in total. The van der Waals surface area contributed by atoms with E-state index in [1.807, 2.05) is 0 Å². The molecule has 0 aliphatic rings. The standard InChI is InChI=1S/C20H14O13S4/c21-19-9-16(7-12-6-14(34(22,23)24)3-4-17(12)19)37(31,32)33-13-2-1-11-5-15(35(25,26)27)10-20(18(11)8-13)36(28,29)30/h1-10,21H,(H,22,23,24)(H,25,26,27)(H,28,29,30). The van der Waals surface area contributed by atoms with Gasteiger partial charge < -0.3 is 9.29 Å². The second-order valence-electron chi connectivity index (χ2n) is 7.59. The number of rotatable bonds is 6. The van der Waals surface area contributed by atoms with Gasteiger partial charge >= 0.3 is 10.1 Å². The average Bonchev–Trinajstić information content (AvgIpc) is 2.75. The van der Waals surface area contributed by atoms with Crippen LogP contribution < -0.4 is 4.18 Å². The maximum absolute atomic E-state index is 12.9. The number of hydrogen-bond donors (Lipinski definition) is 4. The molecule has 37 heavy (non-hydrogen) atoms. The van der Waals surface area contributed by atoms with Gasteiger partial charge in [-0.05, 0) is 59.3 Å². The summed E-state index contributed by atoms with van der Waals surface area (Å²) >= 11 is 0. The Kier molecular flexibility index (Phi) is 6.23. The highest BCUT2D eigenvalue weighted by Crippen LogP contribution is 2.34. The summed E-state index contributed by atoms with van der Waals surface area (Å²) in [6.45, 7) is 0. The number of benzene rings is 4. The van der Waals surface area contributed by atoms with Crippen LogP contribution in [0.4, 0.5) is 0 Å². The summed E-state index contributed by atoms with van der Waals surface area (Å²) in [5.74, 6) is -1.05. The number of phenolic OH excluding ortho intramolecular Hbond substituents is 1. The zero-order valence-electron chi connectivity index (χ0n) is 17.9. The fourth-order valence-corrected chi connectivity index (χ4v) is 6.32. The van der Waals surface area contributed by atoms with Crippen molar-refractivity contribution in [2.75, 3.05) is 0 Å². The predicted octanol–water partition coefficient (Wildman–Crippen LogP) is 2.21. The lowest BCUT2D eigenvalue weighted by atomic mass is 10.1. The first-order chi connectivity index (χ1) is 16.9. The largest absolute Gasteiger partial charge is 0.507 e. The van der Waals surface area contributed by atoms with Crippen molar-refractivity contribution < 1.29 is 56.6 Å². The van der Waals surface area contributed by atoms with Crippen molar-refractivity contribution in [2.45, 2.75) is 19.6 Å². The maximum atomic E-state index is 12.9. The Bertz CT molecular complexity index is 2050. The number of fused-ring (bicyclic) bond motifs is 2. The molecule has 0 fully saturated rings. The number of hydrogen-bond acceptors (Lipinski definition) is 10. The molecule has 0 spiro atoms. The van der Waals surface area contributed by atoms with E-state index in [0.29, 0.717) is 6.07 Å². The van der Waals surface area contributed by atoms with Crippen LogP contribution in [0.5, 0.6) is 11.5 Å². The van der Waals surface area contributed by atoms with Crippen LogP contribution in [0, 0.1) is 0 Å². The smallest absolute Gasteiger partial charge is 0.339 e. The molecule has 196 valence electrons. The van der Waals surface area contributed by atoms with Crippen molar-refractivity contribution in [1.29, 1.82) is 0 Å². The molecule has 0 aliphatic carbocycles. The van der Waals surface area contributed by atoms with Crippen molar-refractivity contribution in [3.05, 3.63) is 60.7 Å². The molecule has 0 unspecified atom stereocenters. The molecule has 4 aromatic rings. The minimum absolute atomic E-state index is 0.0597. The van der Waals surface area contributed by atoms with E-state index in [2.05, 4.69) is 0 Å². The lowest BCUT2D eigenvalue weighted by molar-refractivity contribution is 0.472. The fourth-order valence-electron chi connectivity index (χ4n) is 3.47. The molecule has 0 bridgehead atoms. The van der Waals surface area contributed by atoms with Crippen LogP contribution in [0.2, 0.25) is 0 Å². The quantitative estimate of drug-likeness (QED) is 0.187. The second kappa shape index (κ2) is 8.62. The van der Waals surface area contributed by atoms with Gasteiger partial charge in [-0.3, -0.25) is 13.7 Å². The van der Waals surface area contributed by atoms with Crippen LogP contribution in [0.3, 0.4) is 0 Å². The van der Waals surface area contributed by atoms with Gasteiger partial charge in [0.05, 0.1) is 9.79 Å². The molecule has 0 aromatic heterocycles. The summed E-state index contributed by atoms with van der Waals surface area (Å²) in [6, 6.07) is 9.16. The van der Waals surface area contributed by atoms with Crippen LogP contribution in [-0.4, -0.2) is 52.4 Å². The third-order valence-electron chi connectivity index (χ3n) is 5.11. The second-order valence-corrected chi connectivity index (χ2v) is 13.4. The molecule has 0 heterocycles. The van der Waals surface area contributed by atoms with E-state index in [1.165, 1.54) is 0 Å². The van der Waals surface area contributed by atoms with Crippen LogP contribution in [0.1, 0.15) is 0 Å². The summed E-state index contributed by atoms with van der Waals surface area (Å²) < 4.78 is 128. The van der Waals surface area contributed by atoms with Crippen molar-refractivity contribution in [2.24, 2.45) is 0 Å². The molecule has 0 atom stereocenters. The molecule has 0 radical (unpaired) electrons. The predicted molar refractivity (Wildman–Crippen MR) is 127 cm³/mol. The zero-order chi connectivity index (χ0) is 27.6. The van der Waals surface area contributed by atoms with E-state index < -0.39 is 71.6 Å². The van der Waals surface area contributed by atoms with Gasteiger partial charge in [0, 0.05) is 16.8 Å². The first kappa shape index (κ1) is 26.7. The Morgan fingerprint density at radius 1 is 0.541 bits per heavy atom. The van der Waals surface area contributed by atoms with Crippen LogP contribution in [0.25, 0.3) is 21.5 Å². The SMILES string of the molecule is O=S(=O)(O)c1ccc2c(O)cc(S(=O)(=O)Oc3ccc4cc(S(=O)(=O)O)cc(S(=O)(=O)O)c4c3)cc2c1. The van der Waals surface area contributed by atoms with Gasteiger partial charge in [-0.15, -0.1) is 0 Å². The summed E-state index contributed by atoms with van der Waals surface area (Å²) in [6.07, 6.45) is 0. The number of aromatic hydroxyl groups is 1. The van der Waals surface area contributed by atoms with E-state index in [0.717, 1.165) is 54.6 Å². The Labute approximate surface area is 209 Å². The minimum atomic E-state index is -5.05. The molecular weight excluding hydrogens is 576 g/mol. The van der Waals surface area contributed by atoms with E-state index in [-0.39, 0.29) is 21.5 Å². The van der Waals surface area contributed by atoms with E-state index in [4.69, 9.17) is 4.18 Å². The van der Waals surface area contributed by atoms with E-state index in [9.17, 15) is 52.4 Å². The molecule has 0 aliphatic heterocycles. The van der Waals surface area contributed by atoms with Crippen LogP contribution >= 0.6 is 0 Å². The molecule has 0 amide bonds. The Morgan fingerprint density at radius 3 is 1.73 bits per heavy atom. The molecule has 0 saturated heterocycles. The van der Waals surface area contributed by atoms with Crippen molar-refractivity contribution in [3.8, 4) is 11.5 Å². The molecule has 13 nitrogen and oxygen atoms in total. The van der Waals surface area contributed by atoms with Gasteiger partial charge in [0.2, 0.25) is 0 Å². The highest BCUT2D eigenvalue weighted by Gasteiger charge is 2.24. The van der Waals surface area contributed by atoms with E-state index in [1.54, 1.807) is 0 Å². The Hall–Kier alpha value is -3.32. The highest BCUT2D eigenvalue weighted by molar-refractivity contribution is 7.87. The zero-order valence-corrected chi connectivity index (χ0v) is 21.1. The molecular formula is C20H14O13S4. The first-order valence-electron chi connectivity index (χ1n) is 9.58. The van der Waals surface area contributed by atoms with Crippen molar-refractivity contribution in [3.63, 3.8) is 0 Å². The topological polar surface area (TPSA) is 227 Å². The molecule has 0 saturated carbocycles. The molecule has 4 rings (SSSR count). The summed E-state index contributed by atoms with van der Waals surface area (Å²) in [5.41, 5.74) is 0. The normalized spacial score (nSPS) is 13.2.